The van der Waals surface area contributed by atoms with E-state index in [1.165, 1.54) is 11.1 Å². The molecule has 5 aromatic rings. The molecular weight excluding hydrogens is 466 g/mol. The standard InChI is InChI=1S/C28H31N7S/c1-7-34(15-21-8-10-22(11-9-21)24-16-36-28(29-6)32-24)25-13-19(4)31-27-26(20(5)33-35(25)27)23-14-30-18(3)12-17(23)2/h8-14,16H,7,15H2,1-6H3,(H,29,32). The van der Waals surface area contributed by atoms with Crippen LogP contribution in [-0.4, -0.2) is 38.2 Å². The molecule has 0 aliphatic heterocycles. The van der Waals surface area contributed by atoms with Crippen molar-refractivity contribution in [2.45, 2.75) is 41.2 Å². The Balaban J connectivity index is 1.50. The molecule has 0 unspecified atom stereocenters. The number of pyridine rings is 1. The molecule has 1 N–H and O–H groups in total. The van der Waals surface area contributed by atoms with Gasteiger partial charge >= 0.3 is 0 Å². The van der Waals surface area contributed by atoms with Crippen molar-refractivity contribution in [1.29, 1.82) is 0 Å². The zero-order valence-electron chi connectivity index (χ0n) is 21.6. The number of nitrogens with zero attached hydrogens (tertiary/aromatic N) is 6. The lowest BCUT2D eigenvalue weighted by Gasteiger charge is -2.24. The van der Waals surface area contributed by atoms with Gasteiger partial charge in [-0.1, -0.05) is 24.3 Å². The summed E-state index contributed by atoms with van der Waals surface area (Å²) < 4.78 is 1.99. The van der Waals surface area contributed by atoms with Crippen LogP contribution in [-0.2, 0) is 6.54 Å². The summed E-state index contributed by atoms with van der Waals surface area (Å²) in [4.78, 5) is 16.4. The number of rotatable bonds is 7. The maximum atomic E-state index is 4.94. The molecule has 184 valence electrons. The summed E-state index contributed by atoms with van der Waals surface area (Å²) in [5.41, 5.74) is 10.5. The van der Waals surface area contributed by atoms with Gasteiger partial charge in [-0.2, -0.15) is 9.61 Å². The minimum Gasteiger partial charge on any atom is -0.365 e. The smallest absolute Gasteiger partial charge is 0.182 e. The lowest BCUT2D eigenvalue weighted by molar-refractivity contribution is 0.770. The van der Waals surface area contributed by atoms with Crippen molar-refractivity contribution in [2.24, 2.45) is 0 Å². The second-order valence-electron chi connectivity index (χ2n) is 9.09. The predicted octanol–water partition coefficient (Wildman–Crippen LogP) is 6.22. The van der Waals surface area contributed by atoms with Crippen LogP contribution in [0, 0.1) is 27.7 Å². The molecular formula is C28H31N7S. The van der Waals surface area contributed by atoms with Gasteiger partial charge in [-0.3, -0.25) is 4.98 Å². The summed E-state index contributed by atoms with van der Waals surface area (Å²) >= 11 is 1.62. The number of thiazole rings is 1. The third kappa shape index (κ3) is 4.44. The zero-order chi connectivity index (χ0) is 25.4. The highest BCUT2D eigenvalue weighted by Gasteiger charge is 2.20. The summed E-state index contributed by atoms with van der Waals surface area (Å²) in [5.74, 6) is 1.04. The first kappa shape index (κ1) is 23.9. The lowest BCUT2D eigenvalue weighted by Crippen LogP contribution is -2.25. The Morgan fingerprint density at radius 2 is 1.78 bits per heavy atom. The summed E-state index contributed by atoms with van der Waals surface area (Å²) in [6, 6.07) is 12.9. The van der Waals surface area contributed by atoms with Gasteiger partial charge in [0.25, 0.3) is 0 Å². The summed E-state index contributed by atoms with van der Waals surface area (Å²) in [7, 11) is 1.89. The Morgan fingerprint density at radius 3 is 2.44 bits per heavy atom. The molecule has 0 saturated carbocycles. The van der Waals surface area contributed by atoms with Crippen molar-refractivity contribution in [1.82, 2.24) is 24.6 Å². The van der Waals surface area contributed by atoms with Crippen LogP contribution >= 0.6 is 11.3 Å². The molecule has 0 aliphatic rings. The minimum atomic E-state index is 0.771. The van der Waals surface area contributed by atoms with E-state index in [2.05, 4.69) is 82.7 Å². The largest absolute Gasteiger partial charge is 0.365 e. The Labute approximate surface area is 215 Å². The van der Waals surface area contributed by atoms with Crippen LogP contribution in [0.5, 0.6) is 0 Å². The first-order valence-electron chi connectivity index (χ1n) is 12.2. The van der Waals surface area contributed by atoms with Crippen molar-refractivity contribution in [2.75, 3.05) is 23.8 Å². The number of anilines is 2. The molecule has 4 aromatic heterocycles. The van der Waals surface area contributed by atoms with E-state index in [0.29, 0.717) is 0 Å². The Bertz CT molecular complexity index is 1530. The average Bonchev–Trinajstić information content (AvgIpc) is 3.47. The van der Waals surface area contributed by atoms with Crippen molar-refractivity contribution in [3.05, 3.63) is 76.2 Å². The van der Waals surface area contributed by atoms with Gasteiger partial charge in [0.1, 0.15) is 5.82 Å². The van der Waals surface area contributed by atoms with Gasteiger partial charge < -0.3 is 10.2 Å². The zero-order valence-corrected chi connectivity index (χ0v) is 22.4. The molecule has 0 radical (unpaired) electrons. The molecule has 5 rings (SSSR count). The molecule has 36 heavy (non-hydrogen) atoms. The molecule has 4 heterocycles. The molecule has 7 nitrogen and oxygen atoms in total. The molecule has 0 bridgehead atoms. The van der Waals surface area contributed by atoms with Crippen LogP contribution in [0.2, 0.25) is 0 Å². The van der Waals surface area contributed by atoms with E-state index in [1.54, 1.807) is 11.3 Å². The molecule has 0 amide bonds. The fourth-order valence-electron chi connectivity index (χ4n) is 4.60. The maximum Gasteiger partial charge on any atom is 0.182 e. The highest BCUT2D eigenvalue weighted by atomic mass is 32.1. The highest BCUT2D eigenvalue weighted by Crippen LogP contribution is 2.32. The fraction of sp³-hybridized carbons (Fsp3) is 0.286. The van der Waals surface area contributed by atoms with E-state index < -0.39 is 0 Å². The van der Waals surface area contributed by atoms with Gasteiger partial charge in [-0.25, -0.2) is 9.97 Å². The van der Waals surface area contributed by atoms with Gasteiger partial charge in [0.15, 0.2) is 10.8 Å². The third-order valence-electron chi connectivity index (χ3n) is 6.44. The first-order valence-corrected chi connectivity index (χ1v) is 13.0. The van der Waals surface area contributed by atoms with Gasteiger partial charge in [0.05, 0.1) is 17.0 Å². The van der Waals surface area contributed by atoms with Crippen LogP contribution in [0.1, 0.15) is 35.1 Å². The second kappa shape index (κ2) is 9.70. The first-order chi connectivity index (χ1) is 17.4. The lowest BCUT2D eigenvalue weighted by atomic mass is 10.0. The van der Waals surface area contributed by atoms with Crippen LogP contribution in [0.3, 0.4) is 0 Å². The summed E-state index contributed by atoms with van der Waals surface area (Å²) in [5, 5.41) is 11.1. The van der Waals surface area contributed by atoms with Gasteiger partial charge in [-0.05, 0) is 51.8 Å². The molecule has 0 atom stereocenters. The number of nitrogens with one attached hydrogen (secondary N) is 1. The SMILES string of the molecule is CCN(Cc1ccc(-c2csc(NC)n2)cc1)c1cc(C)nc2c(-c3cnc(C)cc3C)c(C)nn12. The quantitative estimate of drug-likeness (QED) is 0.288. The Hall–Kier alpha value is -3.78. The van der Waals surface area contributed by atoms with E-state index in [9.17, 15) is 0 Å². The van der Waals surface area contributed by atoms with Crippen LogP contribution in [0.25, 0.3) is 28.0 Å². The number of fused-ring (bicyclic) bond motifs is 1. The number of hydrogen-bond acceptors (Lipinski definition) is 7. The third-order valence-corrected chi connectivity index (χ3v) is 7.30. The van der Waals surface area contributed by atoms with Gasteiger partial charge in [-0.15, -0.1) is 11.3 Å². The van der Waals surface area contributed by atoms with Crippen LogP contribution in [0.15, 0.2) is 48.0 Å². The monoisotopic (exact) mass is 497 g/mol. The average molecular weight is 498 g/mol. The molecule has 0 saturated heterocycles. The van der Waals surface area contributed by atoms with E-state index in [1.807, 2.05) is 31.6 Å². The molecule has 8 heteroatoms. The van der Waals surface area contributed by atoms with Crippen molar-refractivity contribution in [3.63, 3.8) is 0 Å². The number of aromatic nitrogens is 5. The van der Waals surface area contributed by atoms with E-state index in [-0.39, 0.29) is 0 Å². The van der Waals surface area contributed by atoms with E-state index >= 15 is 0 Å². The van der Waals surface area contributed by atoms with Crippen LogP contribution in [0.4, 0.5) is 10.9 Å². The van der Waals surface area contributed by atoms with Crippen molar-refractivity contribution < 1.29 is 0 Å². The fourth-order valence-corrected chi connectivity index (χ4v) is 5.28. The van der Waals surface area contributed by atoms with E-state index in [0.717, 1.165) is 69.2 Å². The van der Waals surface area contributed by atoms with Crippen molar-refractivity contribution >= 4 is 27.9 Å². The van der Waals surface area contributed by atoms with Gasteiger partial charge in [0, 0.05) is 60.3 Å². The maximum absolute atomic E-state index is 4.94. The second-order valence-corrected chi connectivity index (χ2v) is 9.95. The normalized spacial score (nSPS) is 11.3. The van der Waals surface area contributed by atoms with Crippen LogP contribution < -0.4 is 10.2 Å². The summed E-state index contributed by atoms with van der Waals surface area (Å²) in [6.07, 6.45) is 1.94. The van der Waals surface area contributed by atoms with Gasteiger partial charge in [0.2, 0.25) is 0 Å². The number of benzene rings is 1. The number of aryl methyl sites for hydroxylation is 4. The Morgan fingerprint density at radius 1 is 1.00 bits per heavy atom. The number of hydrogen-bond donors (Lipinski definition) is 1. The molecule has 0 spiro atoms. The molecule has 0 fully saturated rings. The highest BCUT2D eigenvalue weighted by molar-refractivity contribution is 7.14. The molecule has 1 aromatic carbocycles. The molecule has 0 aliphatic carbocycles. The van der Waals surface area contributed by atoms with Crippen molar-refractivity contribution in [3.8, 4) is 22.4 Å². The van der Waals surface area contributed by atoms with E-state index in [4.69, 9.17) is 10.1 Å². The summed E-state index contributed by atoms with van der Waals surface area (Å²) in [6.45, 7) is 12.0. The predicted molar refractivity (Wildman–Crippen MR) is 149 cm³/mol. The Kier molecular flexibility index (Phi) is 6.45. The topological polar surface area (TPSA) is 71.2 Å². The minimum absolute atomic E-state index is 0.771.